The van der Waals surface area contributed by atoms with Crippen LogP contribution in [-0.4, -0.2) is 68.4 Å². The highest BCUT2D eigenvalue weighted by Crippen LogP contribution is 2.34. The molecule has 0 saturated carbocycles. The maximum absolute atomic E-state index is 6.25. The molecule has 5 nitrogen and oxygen atoms in total. The number of rotatable bonds is 27. The average molecular weight is 569 g/mol. The van der Waals surface area contributed by atoms with Crippen LogP contribution in [0.2, 0.25) is 0 Å². The van der Waals surface area contributed by atoms with E-state index in [1.165, 1.54) is 122 Å². The Bertz CT molecular complexity index is 548. The summed E-state index contributed by atoms with van der Waals surface area (Å²) in [6.07, 6.45) is 22.5. The molecule has 1 unspecified atom stereocenters. The smallest absolute Gasteiger partial charge is 0.285 e. The Labute approximate surface area is 251 Å². The van der Waals surface area contributed by atoms with Crippen LogP contribution in [0.3, 0.4) is 0 Å². The van der Waals surface area contributed by atoms with Crippen molar-refractivity contribution in [2.24, 2.45) is 11.3 Å². The van der Waals surface area contributed by atoms with E-state index in [1.54, 1.807) is 0 Å². The maximum atomic E-state index is 6.25. The standard InChI is InChI=1S/C35H72N2O3/c1-8-12-13-14-18-21-25-33(35(38-9-2,39-10-3)40-11-4)26-24-29-37-31-30-36(32-37)28-23-20-17-15-16-19-22-27-34(5,6)7/h33H,8-32H2,1-7H3. The lowest BCUT2D eigenvalue weighted by atomic mass is 9.89. The summed E-state index contributed by atoms with van der Waals surface area (Å²) < 4.78 is 18.7. The normalized spacial score (nSPS) is 16.3. The van der Waals surface area contributed by atoms with Gasteiger partial charge in [0.1, 0.15) is 0 Å². The van der Waals surface area contributed by atoms with E-state index in [9.17, 15) is 0 Å². The van der Waals surface area contributed by atoms with Gasteiger partial charge in [-0.15, -0.1) is 0 Å². The van der Waals surface area contributed by atoms with E-state index in [0.717, 1.165) is 19.5 Å². The first-order chi connectivity index (χ1) is 19.3. The predicted molar refractivity (Wildman–Crippen MR) is 173 cm³/mol. The molecule has 0 radical (unpaired) electrons. The van der Waals surface area contributed by atoms with Crippen LogP contribution >= 0.6 is 0 Å². The van der Waals surface area contributed by atoms with Crippen LogP contribution in [-0.2, 0) is 14.2 Å². The Morgan fingerprint density at radius 2 is 1.00 bits per heavy atom. The molecule has 0 aromatic heterocycles. The summed E-state index contributed by atoms with van der Waals surface area (Å²) in [7, 11) is 0. The molecule has 40 heavy (non-hydrogen) atoms. The van der Waals surface area contributed by atoms with Crippen LogP contribution < -0.4 is 0 Å². The van der Waals surface area contributed by atoms with Gasteiger partial charge in [-0.1, -0.05) is 105 Å². The zero-order chi connectivity index (χ0) is 29.5. The molecular formula is C35H72N2O3. The topological polar surface area (TPSA) is 34.2 Å². The second kappa shape index (κ2) is 23.3. The van der Waals surface area contributed by atoms with Crippen LogP contribution in [0.1, 0.15) is 158 Å². The molecular weight excluding hydrogens is 496 g/mol. The summed E-state index contributed by atoms with van der Waals surface area (Å²) in [5, 5.41) is 0. The third-order valence-corrected chi connectivity index (χ3v) is 8.50. The fourth-order valence-corrected chi connectivity index (χ4v) is 6.26. The van der Waals surface area contributed by atoms with Crippen molar-refractivity contribution in [2.45, 2.75) is 164 Å². The first-order valence-corrected chi connectivity index (χ1v) is 17.7. The molecule has 1 rings (SSSR count). The van der Waals surface area contributed by atoms with Crippen molar-refractivity contribution < 1.29 is 14.2 Å². The molecule has 1 fully saturated rings. The molecule has 0 bridgehead atoms. The van der Waals surface area contributed by atoms with Gasteiger partial charge in [0.15, 0.2) is 0 Å². The van der Waals surface area contributed by atoms with Crippen molar-refractivity contribution in [1.29, 1.82) is 0 Å². The molecule has 0 amide bonds. The molecule has 1 aliphatic heterocycles. The number of ether oxygens (including phenoxy) is 3. The predicted octanol–water partition coefficient (Wildman–Crippen LogP) is 9.64. The van der Waals surface area contributed by atoms with Gasteiger partial charge in [0, 0.05) is 38.8 Å². The average Bonchev–Trinajstić information content (AvgIpc) is 3.36. The van der Waals surface area contributed by atoms with E-state index in [0.29, 0.717) is 25.2 Å². The Hall–Kier alpha value is -0.200. The van der Waals surface area contributed by atoms with Crippen LogP contribution in [0.15, 0.2) is 0 Å². The highest BCUT2D eigenvalue weighted by atomic mass is 16.9. The molecule has 1 heterocycles. The molecule has 0 N–H and O–H groups in total. The molecule has 5 heteroatoms. The number of nitrogens with zero attached hydrogens (tertiary/aromatic N) is 2. The first-order valence-electron chi connectivity index (χ1n) is 17.7. The van der Waals surface area contributed by atoms with Crippen molar-refractivity contribution in [3.05, 3.63) is 0 Å². The minimum Gasteiger partial charge on any atom is -0.328 e. The molecule has 0 spiro atoms. The number of hydrogen-bond donors (Lipinski definition) is 0. The lowest BCUT2D eigenvalue weighted by Gasteiger charge is -2.39. The van der Waals surface area contributed by atoms with Gasteiger partial charge in [0.2, 0.25) is 0 Å². The molecule has 1 saturated heterocycles. The van der Waals surface area contributed by atoms with Gasteiger partial charge in [-0.2, -0.15) is 0 Å². The van der Waals surface area contributed by atoms with Gasteiger partial charge in [-0.25, -0.2) is 0 Å². The van der Waals surface area contributed by atoms with Crippen molar-refractivity contribution in [3.8, 4) is 0 Å². The maximum Gasteiger partial charge on any atom is 0.285 e. The van der Waals surface area contributed by atoms with E-state index in [-0.39, 0.29) is 5.92 Å². The van der Waals surface area contributed by atoms with E-state index in [2.05, 4.69) is 58.3 Å². The Kier molecular flexibility index (Phi) is 22.0. The third kappa shape index (κ3) is 17.7. The third-order valence-electron chi connectivity index (χ3n) is 8.50. The lowest BCUT2D eigenvalue weighted by molar-refractivity contribution is -0.403. The fourth-order valence-electron chi connectivity index (χ4n) is 6.26. The second-order valence-electron chi connectivity index (χ2n) is 13.5. The Morgan fingerprint density at radius 3 is 1.52 bits per heavy atom. The summed E-state index contributed by atoms with van der Waals surface area (Å²) in [6, 6.07) is 0. The van der Waals surface area contributed by atoms with Crippen LogP contribution in [0, 0.1) is 11.3 Å². The first kappa shape index (κ1) is 37.8. The summed E-state index contributed by atoms with van der Waals surface area (Å²) in [4.78, 5) is 5.32. The molecule has 0 aromatic carbocycles. The van der Waals surface area contributed by atoms with Crippen LogP contribution in [0.4, 0.5) is 0 Å². The molecule has 1 aliphatic rings. The summed E-state index contributed by atoms with van der Waals surface area (Å²) in [6.45, 7) is 23.4. The van der Waals surface area contributed by atoms with E-state index < -0.39 is 5.97 Å². The van der Waals surface area contributed by atoms with Crippen LogP contribution in [0.25, 0.3) is 0 Å². The minimum absolute atomic E-state index is 0.283. The van der Waals surface area contributed by atoms with E-state index >= 15 is 0 Å². The van der Waals surface area contributed by atoms with Gasteiger partial charge in [-0.3, -0.25) is 9.80 Å². The van der Waals surface area contributed by atoms with Crippen LogP contribution in [0.5, 0.6) is 0 Å². The summed E-state index contributed by atoms with van der Waals surface area (Å²) >= 11 is 0. The largest absolute Gasteiger partial charge is 0.328 e. The van der Waals surface area contributed by atoms with Gasteiger partial charge < -0.3 is 14.2 Å². The van der Waals surface area contributed by atoms with Gasteiger partial charge in [-0.05, 0) is 71.4 Å². The number of hydrogen-bond acceptors (Lipinski definition) is 5. The highest BCUT2D eigenvalue weighted by Gasteiger charge is 2.41. The molecule has 0 aliphatic carbocycles. The van der Waals surface area contributed by atoms with Crippen molar-refractivity contribution >= 4 is 0 Å². The molecule has 1 atom stereocenters. The van der Waals surface area contributed by atoms with Crippen molar-refractivity contribution in [3.63, 3.8) is 0 Å². The minimum atomic E-state index is -0.884. The van der Waals surface area contributed by atoms with Crippen molar-refractivity contribution in [2.75, 3.05) is 52.7 Å². The quantitative estimate of drug-likeness (QED) is 0.0728. The SMILES string of the molecule is CCCCCCCCC(CCCN1CCN(CCCCCCCCCC(C)(C)C)C1)C(OCC)(OCC)OCC. The van der Waals surface area contributed by atoms with E-state index in [4.69, 9.17) is 14.2 Å². The Morgan fingerprint density at radius 1 is 0.550 bits per heavy atom. The van der Waals surface area contributed by atoms with E-state index in [1.807, 2.05) is 0 Å². The molecule has 240 valence electrons. The summed E-state index contributed by atoms with van der Waals surface area (Å²) in [5.41, 5.74) is 0.500. The number of unbranched alkanes of at least 4 members (excludes halogenated alkanes) is 11. The second-order valence-corrected chi connectivity index (χ2v) is 13.5. The molecule has 0 aromatic rings. The summed E-state index contributed by atoms with van der Waals surface area (Å²) in [5.74, 6) is -0.601. The van der Waals surface area contributed by atoms with Gasteiger partial charge in [0.05, 0.1) is 6.67 Å². The van der Waals surface area contributed by atoms with Crippen molar-refractivity contribution in [1.82, 2.24) is 9.80 Å². The Balaban J connectivity index is 2.37. The zero-order valence-corrected chi connectivity index (χ0v) is 28.4. The zero-order valence-electron chi connectivity index (χ0n) is 28.4. The van der Waals surface area contributed by atoms with Gasteiger partial charge in [0.25, 0.3) is 5.97 Å². The monoisotopic (exact) mass is 569 g/mol. The highest BCUT2D eigenvalue weighted by molar-refractivity contribution is 4.76. The fraction of sp³-hybridized carbons (Fsp3) is 1.00. The van der Waals surface area contributed by atoms with Gasteiger partial charge >= 0.3 is 0 Å². The lowest BCUT2D eigenvalue weighted by Crippen LogP contribution is -2.47.